The molecule has 78 valence electrons. The molecule has 0 unspecified atom stereocenters. The van der Waals surface area contributed by atoms with Crippen molar-refractivity contribution in [3.63, 3.8) is 0 Å². The third kappa shape index (κ3) is 2.71. The number of halogens is 3. The minimum atomic E-state index is -4.33. The number of aromatic nitrogens is 3. The highest BCUT2D eigenvalue weighted by atomic mass is 19.4. The lowest BCUT2D eigenvalue weighted by molar-refractivity contribution is -0.137. The van der Waals surface area contributed by atoms with Crippen LogP contribution in [-0.4, -0.2) is 32.2 Å². The van der Waals surface area contributed by atoms with Crippen LogP contribution in [-0.2, 0) is 6.54 Å². The van der Waals surface area contributed by atoms with Crippen molar-refractivity contribution in [2.75, 3.05) is 0 Å². The molecule has 0 atom stereocenters. The number of alkyl halides is 3. The third-order valence-corrected chi connectivity index (χ3v) is 1.44. The molecule has 1 heterocycles. The van der Waals surface area contributed by atoms with Gasteiger partial charge in [0, 0.05) is 0 Å². The highest BCUT2D eigenvalue weighted by Gasteiger charge is 2.27. The first kappa shape index (κ1) is 10.5. The molecule has 8 heteroatoms. The summed E-state index contributed by atoms with van der Waals surface area (Å²) in [5.74, 6) is -1.35. The van der Waals surface area contributed by atoms with Gasteiger partial charge < -0.3 is 5.11 Å². The lowest BCUT2D eigenvalue weighted by Crippen LogP contribution is -2.16. The van der Waals surface area contributed by atoms with Gasteiger partial charge >= 0.3 is 12.1 Å². The fraction of sp³-hybridized carbons (Fsp3) is 0.500. The fourth-order valence-corrected chi connectivity index (χ4v) is 0.821. The molecule has 0 saturated carbocycles. The zero-order valence-corrected chi connectivity index (χ0v) is 6.82. The third-order valence-electron chi connectivity index (χ3n) is 1.44. The molecule has 1 aromatic rings. The molecule has 0 bridgehead atoms. The van der Waals surface area contributed by atoms with Crippen LogP contribution in [0.3, 0.4) is 0 Å². The molecule has 0 aliphatic carbocycles. The van der Waals surface area contributed by atoms with Crippen molar-refractivity contribution in [2.45, 2.75) is 19.1 Å². The molecule has 0 aromatic carbocycles. The number of nitrogens with zero attached hydrogens (tertiary/aromatic N) is 3. The van der Waals surface area contributed by atoms with Crippen LogP contribution >= 0.6 is 0 Å². The van der Waals surface area contributed by atoms with Gasteiger partial charge in [0.15, 0.2) is 5.69 Å². The Morgan fingerprint density at radius 3 is 2.71 bits per heavy atom. The van der Waals surface area contributed by atoms with Gasteiger partial charge in [0.25, 0.3) is 0 Å². The maximum atomic E-state index is 11.8. The standard InChI is InChI=1S/C6H6F3N3O2/c7-6(8,9)1-2-12-4(5(13)14)3-10-11-12/h3H,1-2H2,(H,13,14). The molecule has 0 amide bonds. The van der Waals surface area contributed by atoms with E-state index in [1.807, 2.05) is 0 Å². The lowest BCUT2D eigenvalue weighted by Gasteiger charge is -2.06. The molecule has 1 rings (SSSR count). The van der Waals surface area contributed by atoms with E-state index < -0.39 is 25.1 Å². The topological polar surface area (TPSA) is 68.0 Å². The SMILES string of the molecule is O=C(O)c1cnnn1CCC(F)(F)F. The van der Waals surface area contributed by atoms with Crippen LogP contribution in [0.2, 0.25) is 0 Å². The van der Waals surface area contributed by atoms with Gasteiger partial charge in [-0.15, -0.1) is 5.10 Å². The summed E-state index contributed by atoms with van der Waals surface area (Å²) in [5.41, 5.74) is -0.353. The molecule has 5 nitrogen and oxygen atoms in total. The molecular weight excluding hydrogens is 203 g/mol. The average Bonchev–Trinajstić information content (AvgIpc) is 2.46. The number of hydrogen-bond donors (Lipinski definition) is 1. The Labute approximate surface area is 76.1 Å². The van der Waals surface area contributed by atoms with Crippen molar-refractivity contribution in [2.24, 2.45) is 0 Å². The summed E-state index contributed by atoms with van der Waals surface area (Å²) in [6.07, 6.45) is -4.56. The van der Waals surface area contributed by atoms with Gasteiger partial charge in [-0.3, -0.25) is 0 Å². The number of carbonyl (C=O) groups is 1. The van der Waals surface area contributed by atoms with Gasteiger partial charge in [0.1, 0.15) is 0 Å². The van der Waals surface area contributed by atoms with Crippen LogP contribution < -0.4 is 0 Å². The predicted molar refractivity (Wildman–Crippen MR) is 37.7 cm³/mol. The van der Waals surface area contributed by atoms with Crippen molar-refractivity contribution in [1.82, 2.24) is 15.0 Å². The molecule has 1 aromatic heterocycles. The normalized spacial score (nSPS) is 11.6. The molecule has 0 radical (unpaired) electrons. The summed E-state index contributed by atoms with van der Waals surface area (Å²) in [4.78, 5) is 10.4. The minimum Gasteiger partial charge on any atom is -0.476 e. The van der Waals surface area contributed by atoms with E-state index in [1.54, 1.807) is 0 Å². The van der Waals surface area contributed by atoms with Crippen molar-refractivity contribution in [1.29, 1.82) is 0 Å². The van der Waals surface area contributed by atoms with E-state index in [9.17, 15) is 18.0 Å². The number of carboxylic acids is 1. The Hall–Kier alpha value is -1.60. The Bertz CT molecular complexity index is 333. The van der Waals surface area contributed by atoms with Crippen LogP contribution in [0, 0.1) is 0 Å². The first-order chi connectivity index (χ1) is 6.40. The van der Waals surface area contributed by atoms with E-state index >= 15 is 0 Å². The highest BCUT2D eigenvalue weighted by Crippen LogP contribution is 2.20. The minimum absolute atomic E-state index is 0.353. The van der Waals surface area contributed by atoms with Crippen molar-refractivity contribution < 1.29 is 23.1 Å². The smallest absolute Gasteiger partial charge is 0.390 e. The quantitative estimate of drug-likeness (QED) is 0.803. The number of aryl methyl sites for hydroxylation is 1. The average molecular weight is 209 g/mol. The monoisotopic (exact) mass is 209 g/mol. The molecule has 0 aliphatic heterocycles. The largest absolute Gasteiger partial charge is 0.476 e. The van der Waals surface area contributed by atoms with Crippen LogP contribution in [0.1, 0.15) is 16.9 Å². The van der Waals surface area contributed by atoms with Crippen molar-refractivity contribution >= 4 is 5.97 Å². The number of rotatable bonds is 3. The number of hydrogen-bond acceptors (Lipinski definition) is 3. The number of aromatic carboxylic acids is 1. The van der Waals surface area contributed by atoms with Crippen molar-refractivity contribution in [3.8, 4) is 0 Å². The van der Waals surface area contributed by atoms with E-state index in [2.05, 4.69) is 10.3 Å². The van der Waals surface area contributed by atoms with E-state index in [1.165, 1.54) is 0 Å². The first-order valence-electron chi connectivity index (χ1n) is 3.58. The van der Waals surface area contributed by atoms with Gasteiger partial charge in [-0.05, 0) is 0 Å². The zero-order chi connectivity index (χ0) is 10.8. The summed E-state index contributed by atoms with van der Waals surface area (Å²) < 4.78 is 36.0. The molecule has 0 spiro atoms. The second-order valence-electron chi connectivity index (χ2n) is 2.51. The Kier molecular flexibility index (Phi) is 2.73. The maximum Gasteiger partial charge on any atom is 0.390 e. The van der Waals surface area contributed by atoms with E-state index in [0.29, 0.717) is 4.68 Å². The van der Waals surface area contributed by atoms with Gasteiger partial charge in [0.05, 0.1) is 19.2 Å². The molecule has 0 saturated heterocycles. The predicted octanol–water partition coefficient (Wildman–Crippen LogP) is 0.929. The molecular formula is C6H6F3N3O2. The summed E-state index contributed by atoms with van der Waals surface area (Å²) in [6.45, 7) is -0.537. The molecule has 14 heavy (non-hydrogen) atoms. The molecule has 1 N–H and O–H groups in total. The number of carboxylic acid groups (broad SMARTS) is 1. The van der Waals surface area contributed by atoms with E-state index in [-0.39, 0.29) is 5.69 Å². The Morgan fingerprint density at radius 2 is 2.21 bits per heavy atom. The molecule has 0 fully saturated rings. The van der Waals surface area contributed by atoms with Gasteiger partial charge in [-0.2, -0.15) is 13.2 Å². The Balaban J connectivity index is 2.68. The summed E-state index contributed by atoms with van der Waals surface area (Å²) in [5, 5.41) is 14.9. The first-order valence-corrected chi connectivity index (χ1v) is 3.58. The second-order valence-corrected chi connectivity index (χ2v) is 2.51. The second kappa shape index (κ2) is 3.64. The molecule has 0 aliphatic rings. The van der Waals surface area contributed by atoms with Crippen molar-refractivity contribution in [3.05, 3.63) is 11.9 Å². The zero-order valence-electron chi connectivity index (χ0n) is 6.82. The summed E-state index contributed by atoms with van der Waals surface area (Å²) in [7, 11) is 0. The highest BCUT2D eigenvalue weighted by molar-refractivity contribution is 5.85. The van der Waals surface area contributed by atoms with Crippen LogP contribution in [0.25, 0.3) is 0 Å². The van der Waals surface area contributed by atoms with E-state index in [0.717, 1.165) is 6.20 Å². The van der Waals surface area contributed by atoms with E-state index in [4.69, 9.17) is 5.11 Å². The van der Waals surface area contributed by atoms with Crippen LogP contribution in [0.15, 0.2) is 6.20 Å². The lowest BCUT2D eigenvalue weighted by atomic mass is 10.4. The maximum absolute atomic E-state index is 11.8. The summed E-state index contributed by atoms with van der Waals surface area (Å²) >= 11 is 0. The van der Waals surface area contributed by atoms with Gasteiger partial charge in [-0.25, -0.2) is 9.48 Å². The van der Waals surface area contributed by atoms with Crippen LogP contribution in [0.5, 0.6) is 0 Å². The van der Waals surface area contributed by atoms with Gasteiger partial charge in [0.2, 0.25) is 0 Å². The van der Waals surface area contributed by atoms with Gasteiger partial charge in [-0.1, -0.05) is 5.21 Å². The Morgan fingerprint density at radius 1 is 1.57 bits per heavy atom. The fourth-order valence-electron chi connectivity index (χ4n) is 0.821. The van der Waals surface area contributed by atoms with Crippen LogP contribution in [0.4, 0.5) is 13.2 Å². The summed E-state index contributed by atoms with van der Waals surface area (Å²) in [6, 6.07) is 0.